The molecule has 5 heteroatoms. The average Bonchev–Trinajstić information content (AvgIpc) is 2.58. The number of carbonyl (C=O) groups is 1. The van der Waals surface area contributed by atoms with E-state index in [4.69, 9.17) is 9.47 Å². The quantitative estimate of drug-likeness (QED) is 0.837. The number of fused-ring (bicyclic) bond motifs is 6. The van der Waals surface area contributed by atoms with Crippen molar-refractivity contribution >= 4 is 5.91 Å². The molecule has 0 saturated carbocycles. The molecule has 0 radical (unpaired) electrons. The zero-order chi connectivity index (χ0) is 16.1. The summed E-state index contributed by atoms with van der Waals surface area (Å²) >= 11 is 0. The lowest BCUT2D eigenvalue weighted by molar-refractivity contribution is -0.154. The number of carbonyl (C=O) groups excluding carboxylic acids is 1. The molecule has 2 saturated heterocycles. The van der Waals surface area contributed by atoms with Crippen molar-refractivity contribution in [2.75, 3.05) is 27.8 Å². The van der Waals surface area contributed by atoms with Crippen molar-refractivity contribution in [2.24, 2.45) is 0 Å². The summed E-state index contributed by atoms with van der Waals surface area (Å²) in [6.07, 6.45) is 4.12. The van der Waals surface area contributed by atoms with Crippen LogP contribution < -0.4 is 9.47 Å². The molecule has 3 heterocycles. The SMILES string of the molecule is COc1cc2c(c(OC)c1)C1C3CCCC(C(=O)N1CC2)N3C. The Labute approximate surface area is 137 Å². The third kappa shape index (κ3) is 2.06. The van der Waals surface area contributed by atoms with Crippen LogP contribution in [0.25, 0.3) is 0 Å². The minimum atomic E-state index is 0.0655. The van der Waals surface area contributed by atoms with Crippen molar-refractivity contribution < 1.29 is 14.3 Å². The first-order chi connectivity index (χ1) is 11.2. The maximum absolute atomic E-state index is 12.9. The lowest BCUT2D eigenvalue weighted by Crippen LogP contribution is -2.64. The third-order valence-corrected chi connectivity index (χ3v) is 5.84. The highest BCUT2D eigenvalue weighted by molar-refractivity contribution is 5.84. The maximum Gasteiger partial charge on any atom is 0.240 e. The number of piperidine rings is 1. The van der Waals surface area contributed by atoms with Crippen molar-refractivity contribution in [1.82, 2.24) is 9.80 Å². The second kappa shape index (κ2) is 5.41. The van der Waals surface area contributed by atoms with Crippen LogP contribution in [0.5, 0.6) is 11.5 Å². The van der Waals surface area contributed by atoms with Gasteiger partial charge in [0.05, 0.1) is 26.3 Å². The molecule has 3 aliphatic rings. The van der Waals surface area contributed by atoms with Crippen molar-refractivity contribution in [3.8, 4) is 11.5 Å². The predicted octanol–water partition coefficient (Wildman–Crippen LogP) is 2.00. The van der Waals surface area contributed by atoms with Crippen molar-refractivity contribution in [1.29, 1.82) is 0 Å². The van der Waals surface area contributed by atoms with Gasteiger partial charge in [-0.25, -0.2) is 0 Å². The lowest BCUT2D eigenvalue weighted by atomic mass is 9.78. The van der Waals surface area contributed by atoms with Crippen LogP contribution in [0.2, 0.25) is 0 Å². The van der Waals surface area contributed by atoms with Crippen LogP contribution in [0.1, 0.15) is 36.4 Å². The van der Waals surface area contributed by atoms with Crippen LogP contribution >= 0.6 is 0 Å². The molecule has 0 spiro atoms. The van der Waals surface area contributed by atoms with E-state index in [2.05, 4.69) is 22.9 Å². The molecule has 0 aliphatic carbocycles. The second-order valence-corrected chi connectivity index (χ2v) is 6.81. The van der Waals surface area contributed by atoms with Gasteiger partial charge in [-0.1, -0.05) is 0 Å². The highest BCUT2D eigenvalue weighted by atomic mass is 16.5. The van der Waals surface area contributed by atoms with Gasteiger partial charge in [0.15, 0.2) is 0 Å². The number of ether oxygens (including phenoxy) is 2. The first-order valence-corrected chi connectivity index (χ1v) is 8.43. The van der Waals surface area contributed by atoms with Gasteiger partial charge in [0.1, 0.15) is 11.5 Å². The van der Waals surface area contributed by atoms with Crippen LogP contribution in [0.4, 0.5) is 0 Å². The van der Waals surface area contributed by atoms with Gasteiger partial charge in [-0.3, -0.25) is 9.69 Å². The first kappa shape index (κ1) is 14.8. The number of methoxy groups -OCH3 is 2. The first-order valence-electron chi connectivity index (χ1n) is 8.43. The van der Waals surface area contributed by atoms with Crippen LogP contribution in [0.3, 0.4) is 0 Å². The third-order valence-electron chi connectivity index (χ3n) is 5.84. The number of likely N-dealkylation sites (N-methyl/N-ethyl adjacent to an activating group) is 1. The Balaban J connectivity index is 1.85. The summed E-state index contributed by atoms with van der Waals surface area (Å²) in [6.45, 7) is 0.799. The molecule has 3 unspecified atom stereocenters. The van der Waals surface area contributed by atoms with Gasteiger partial charge in [0.25, 0.3) is 0 Å². The zero-order valence-electron chi connectivity index (χ0n) is 14.0. The number of hydrogen-bond acceptors (Lipinski definition) is 4. The molecule has 23 heavy (non-hydrogen) atoms. The highest BCUT2D eigenvalue weighted by Gasteiger charge is 2.50. The normalized spacial score (nSPS) is 29.8. The van der Waals surface area contributed by atoms with E-state index >= 15 is 0 Å². The van der Waals surface area contributed by atoms with Crippen LogP contribution in [-0.4, -0.2) is 55.6 Å². The molecule has 124 valence electrons. The standard InChI is InChI=1S/C18H24N2O3/c1-19-13-5-4-6-14(19)18(21)20-8-7-11-9-12(22-2)10-15(23-3)16(11)17(13)20/h9-10,13-14,17H,4-8H2,1-3H3. The fourth-order valence-corrected chi connectivity index (χ4v) is 4.70. The highest BCUT2D eigenvalue weighted by Crippen LogP contribution is 2.47. The molecule has 3 aliphatic heterocycles. The van der Waals surface area contributed by atoms with Gasteiger partial charge in [0, 0.05) is 24.2 Å². The van der Waals surface area contributed by atoms with Gasteiger partial charge >= 0.3 is 0 Å². The smallest absolute Gasteiger partial charge is 0.240 e. The van der Waals surface area contributed by atoms with E-state index in [9.17, 15) is 4.79 Å². The number of piperazine rings is 1. The number of rotatable bonds is 2. The molecule has 2 bridgehead atoms. The summed E-state index contributed by atoms with van der Waals surface area (Å²) in [6, 6.07) is 4.60. The van der Waals surface area contributed by atoms with Gasteiger partial charge in [-0.2, -0.15) is 0 Å². The van der Waals surface area contributed by atoms with Gasteiger partial charge in [0.2, 0.25) is 5.91 Å². The Morgan fingerprint density at radius 1 is 1.17 bits per heavy atom. The monoisotopic (exact) mass is 316 g/mol. The van der Waals surface area contributed by atoms with Gasteiger partial charge in [-0.15, -0.1) is 0 Å². The topological polar surface area (TPSA) is 42.0 Å². The van der Waals surface area contributed by atoms with E-state index in [1.807, 2.05) is 6.07 Å². The maximum atomic E-state index is 12.9. The molecule has 5 nitrogen and oxygen atoms in total. The Kier molecular flexibility index (Phi) is 3.48. The molecular weight excluding hydrogens is 292 g/mol. The van der Waals surface area contributed by atoms with Gasteiger partial charge < -0.3 is 14.4 Å². The van der Waals surface area contributed by atoms with Gasteiger partial charge in [-0.05, 0) is 44.4 Å². The largest absolute Gasteiger partial charge is 0.497 e. The fourth-order valence-electron chi connectivity index (χ4n) is 4.70. The average molecular weight is 316 g/mol. The van der Waals surface area contributed by atoms with E-state index in [0.717, 1.165) is 43.7 Å². The van der Waals surface area contributed by atoms with Crippen molar-refractivity contribution in [3.05, 3.63) is 23.3 Å². The Hall–Kier alpha value is -1.75. The summed E-state index contributed by atoms with van der Waals surface area (Å²) in [7, 11) is 5.49. The summed E-state index contributed by atoms with van der Waals surface area (Å²) in [5.41, 5.74) is 2.44. The second-order valence-electron chi connectivity index (χ2n) is 6.81. The van der Waals surface area contributed by atoms with Crippen LogP contribution in [-0.2, 0) is 11.2 Å². The molecule has 1 aromatic rings. The molecule has 0 aromatic heterocycles. The number of hydrogen-bond donors (Lipinski definition) is 0. The fraction of sp³-hybridized carbons (Fsp3) is 0.611. The predicted molar refractivity (Wildman–Crippen MR) is 86.9 cm³/mol. The summed E-state index contributed by atoms with van der Waals surface area (Å²) in [5, 5.41) is 0. The van der Waals surface area contributed by atoms with Crippen molar-refractivity contribution in [3.63, 3.8) is 0 Å². The van der Waals surface area contributed by atoms with E-state index in [1.165, 1.54) is 11.1 Å². The Morgan fingerprint density at radius 2 is 2.00 bits per heavy atom. The number of nitrogens with zero attached hydrogens (tertiary/aromatic N) is 2. The molecule has 4 rings (SSSR count). The number of amides is 1. The molecule has 1 amide bonds. The lowest BCUT2D eigenvalue weighted by Gasteiger charge is -2.54. The summed E-state index contributed by atoms with van der Waals surface area (Å²) in [4.78, 5) is 17.3. The van der Waals surface area contributed by atoms with Crippen LogP contribution in [0.15, 0.2) is 12.1 Å². The molecule has 3 atom stereocenters. The Morgan fingerprint density at radius 3 is 2.74 bits per heavy atom. The molecular formula is C18H24N2O3. The van der Waals surface area contributed by atoms with E-state index < -0.39 is 0 Å². The van der Waals surface area contributed by atoms with E-state index in [0.29, 0.717) is 6.04 Å². The van der Waals surface area contributed by atoms with Crippen molar-refractivity contribution in [2.45, 2.75) is 43.8 Å². The summed E-state index contributed by atoms with van der Waals surface area (Å²) in [5.74, 6) is 1.96. The Bertz CT molecular complexity index is 628. The molecule has 0 N–H and O–H groups in total. The minimum Gasteiger partial charge on any atom is -0.497 e. The zero-order valence-corrected chi connectivity index (χ0v) is 14.0. The van der Waals surface area contributed by atoms with E-state index in [-0.39, 0.29) is 18.0 Å². The van der Waals surface area contributed by atoms with Crippen LogP contribution in [0, 0.1) is 0 Å². The molecule has 1 aromatic carbocycles. The molecule has 2 fully saturated rings. The minimum absolute atomic E-state index is 0.0655. The summed E-state index contributed by atoms with van der Waals surface area (Å²) < 4.78 is 11.1. The van der Waals surface area contributed by atoms with E-state index in [1.54, 1.807) is 14.2 Å². The number of benzene rings is 1.